The molecule has 6 nitrogen and oxygen atoms in total. The van der Waals surface area contributed by atoms with Gasteiger partial charge in [-0.1, -0.05) is 53.5 Å². The number of carbonyl (C=O) groups excluding carboxylic acids is 1. The Morgan fingerprint density at radius 2 is 1.88 bits per heavy atom. The number of para-hydroxylation sites is 3. The first kappa shape index (κ1) is 21.4. The molecule has 0 spiro atoms. The molecule has 8 heteroatoms. The molecule has 0 unspecified atom stereocenters. The van der Waals surface area contributed by atoms with E-state index in [1.165, 1.54) is 0 Å². The molecule has 0 saturated carbocycles. The van der Waals surface area contributed by atoms with Crippen LogP contribution >= 0.6 is 23.2 Å². The number of halogens is 2. The summed E-state index contributed by atoms with van der Waals surface area (Å²) in [5, 5.41) is 13.1. The van der Waals surface area contributed by atoms with Crippen LogP contribution in [0.25, 0.3) is 22.7 Å². The third-order valence-corrected chi connectivity index (χ3v) is 5.16. The summed E-state index contributed by atoms with van der Waals surface area (Å²) in [6.45, 7) is -0.240. The molecule has 0 aliphatic heterocycles. The van der Waals surface area contributed by atoms with Gasteiger partial charge in [0.25, 0.3) is 5.91 Å². The first-order valence-electron chi connectivity index (χ1n) is 9.48. The second-order valence-electron chi connectivity index (χ2n) is 6.66. The van der Waals surface area contributed by atoms with Crippen molar-refractivity contribution in [1.82, 2.24) is 4.98 Å². The molecule has 0 aliphatic rings. The van der Waals surface area contributed by atoms with Crippen molar-refractivity contribution in [3.05, 3.63) is 88.2 Å². The number of rotatable bonds is 6. The highest BCUT2D eigenvalue weighted by molar-refractivity contribution is 6.42. The number of fused-ring (bicyclic) bond motifs is 1. The first-order valence-corrected chi connectivity index (χ1v) is 10.2. The van der Waals surface area contributed by atoms with E-state index in [4.69, 9.17) is 32.4 Å². The van der Waals surface area contributed by atoms with Crippen LogP contribution < -0.4 is 10.1 Å². The number of nitriles is 1. The lowest BCUT2D eigenvalue weighted by Gasteiger charge is -2.10. The Morgan fingerprint density at radius 3 is 2.66 bits per heavy atom. The molecule has 0 bridgehead atoms. The molecule has 0 fully saturated rings. The quantitative estimate of drug-likeness (QED) is 0.343. The lowest BCUT2D eigenvalue weighted by Crippen LogP contribution is -2.20. The predicted molar refractivity (Wildman–Crippen MR) is 125 cm³/mol. The van der Waals surface area contributed by atoms with E-state index in [9.17, 15) is 10.1 Å². The van der Waals surface area contributed by atoms with E-state index in [1.807, 2.05) is 12.1 Å². The minimum Gasteiger partial charge on any atom is -0.483 e. The number of carbonyl (C=O) groups is 1. The topological polar surface area (TPSA) is 88.1 Å². The average molecular weight is 464 g/mol. The fourth-order valence-electron chi connectivity index (χ4n) is 2.93. The summed E-state index contributed by atoms with van der Waals surface area (Å²) in [5.41, 5.74) is 2.59. The summed E-state index contributed by atoms with van der Waals surface area (Å²) in [7, 11) is 0. The highest BCUT2D eigenvalue weighted by Gasteiger charge is 2.13. The fraction of sp³-hybridized carbons (Fsp3) is 0.0417. The summed E-state index contributed by atoms with van der Waals surface area (Å²) >= 11 is 11.9. The molecule has 4 aromatic rings. The fourth-order valence-corrected chi connectivity index (χ4v) is 3.23. The van der Waals surface area contributed by atoms with Crippen molar-refractivity contribution >= 4 is 57.5 Å². The maximum atomic E-state index is 12.3. The lowest BCUT2D eigenvalue weighted by molar-refractivity contribution is -0.118. The molecule has 1 N–H and O–H groups in total. The Balaban J connectivity index is 1.51. The van der Waals surface area contributed by atoms with Gasteiger partial charge in [-0.2, -0.15) is 5.26 Å². The van der Waals surface area contributed by atoms with Crippen molar-refractivity contribution in [2.24, 2.45) is 0 Å². The molecule has 0 aliphatic carbocycles. The molecule has 3 aromatic carbocycles. The van der Waals surface area contributed by atoms with Gasteiger partial charge in [-0.05, 0) is 42.5 Å². The molecule has 0 radical (unpaired) electrons. The Labute approximate surface area is 193 Å². The molecule has 1 amide bonds. The normalized spacial score (nSPS) is 11.2. The Kier molecular flexibility index (Phi) is 6.41. The second kappa shape index (κ2) is 9.56. The van der Waals surface area contributed by atoms with E-state index in [2.05, 4.69) is 16.4 Å². The zero-order chi connectivity index (χ0) is 22.5. The van der Waals surface area contributed by atoms with E-state index >= 15 is 0 Å². The van der Waals surface area contributed by atoms with E-state index in [0.717, 1.165) is 0 Å². The maximum absolute atomic E-state index is 12.3. The summed E-state index contributed by atoms with van der Waals surface area (Å²) in [5.74, 6) is 0.267. The van der Waals surface area contributed by atoms with Crippen LogP contribution in [0.5, 0.6) is 5.75 Å². The SMILES string of the molecule is N#C/C(=C\c1ccccc1OCC(=O)Nc1ccc(Cl)c(Cl)c1)c1nc2ccccc2o1. The largest absolute Gasteiger partial charge is 0.483 e. The number of amides is 1. The second-order valence-corrected chi connectivity index (χ2v) is 7.47. The molecule has 1 aromatic heterocycles. The van der Waals surface area contributed by atoms with Crippen LogP contribution in [0.1, 0.15) is 11.5 Å². The van der Waals surface area contributed by atoms with Gasteiger partial charge in [0.05, 0.1) is 10.0 Å². The van der Waals surface area contributed by atoms with Gasteiger partial charge < -0.3 is 14.5 Å². The molecule has 32 heavy (non-hydrogen) atoms. The Hall–Kier alpha value is -3.79. The number of nitrogens with one attached hydrogen (secondary N) is 1. The minimum absolute atomic E-state index is 0.209. The maximum Gasteiger partial charge on any atom is 0.262 e. The van der Waals surface area contributed by atoms with E-state index < -0.39 is 0 Å². The molecular weight excluding hydrogens is 449 g/mol. The van der Waals surface area contributed by atoms with Crippen LogP contribution in [0, 0.1) is 11.3 Å². The third kappa shape index (κ3) is 4.92. The van der Waals surface area contributed by atoms with Crippen LogP contribution in [0.3, 0.4) is 0 Å². The summed E-state index contributed by atoms with van der Waals surface area (Å²) < 4.78 is 11.4. The van der Waals surface area contributed by atoms with Crippen LogP contribution in [0.15, 0.2) is 71.1 Å². The number of oxazole rings is 1. The highest BCUT2D eigenvalue weighted by atomic mass is 35.5. The number of aromatic nitrogens is 1. The monoisotopic (exact) mass is 463 g/mol. The van der Waals surface area contributed by atoms with Crippen LogP contribution in [0.2, 0.25) is 10.0 Å². The van der Waals surface area contributed by atoms with Crippen LogP contribution in [0.4, 0.5) is 5.69 Å². The molecule has 1 heterocycles. The van der Waals surface area contributed by atoms with E-state index in [-0.39, 0.29) is 24.0 Å². The zero-order valence-corrected chi connectivity index (χ0v) is 18.0. The molecule has 0 atom stereocenters. The molecule has 0 saturated heterocycles. The summed E-state index contributed by atoms with van der Waals surface area (Å²) in [6, 6.07) is 21.2. The van der Waals surface area contributed by atoms with Gasteiger partial charge in [0.15, 0.2) is 12.2 Å². The van der Waals surface area contributed by atoms with Gasteiger partial charge in [0, 0.05) is 11.3 Å². The van der Waals surface area contributed by atoms with Crippen molar-refractivity contribution in [3.8, 4) is 11.8 Å². The predicted octanol–water partition coefficient (Wildman–Crippen LogP) is 6.22. The Morgan fingerprint density at radius 1 is 1.09 bits per heavy atom. The molecule has 158 valence electrons. The number of allylic oxidation sites excluding steroid dienone is 1. The van der Waals surface area contributed by atoms with Crippen molar-refractivity contribution in [3.63, 3.8) is 0 Å². The van der Waals surface area contributed by atoms with Crippen molar-refractivity contribution in [1.29, 1.82) is 5.26 Å². The first-order chi connectivity index (χ1) is 15.5. The minimum atomic E-state index is -0.373. The number of ether oxygens (including phenoxy) is 1. The number of hydrogen-bond donors (Lipinski definition) is 1. The van der Waals surface area contributed by atoms with Gasteiger partial charge in [0.1, 0.15) is 22.9 Å². The smallest absolute Gasteiger partial charge is 0.262 e. The number of benzene rings is 3. The van der Waals surface area contributed by atoms with Gasteiger partial charge in [0.2, 0.25) is 5.89 Å². The van der Waals surface area contributed by atoms with Crippen LogP contribution in [-0.2, 0) is 4.79 Å². The van der Waals surface area contributed by atoms with Crippen LogP contribution in [-0.4, -0.2) is 17.5 Å². The van der Waals surface area contributed by atoms with E-state index in [0.29, 0.717) is 38.1 Å². The third-order valence-electron chi connectivity index (χ3n) is 4.43. The van der Waals surface area contributed by atoms with Crippen molar-refractivity contribution < 1.29 is 13.9 Å². The zero-order valence-electron chi connectivity index (χ0n) is 16.5. The van der Waals surface area contributed by atoms with Gasteiger partial charge >= 0.3 is 0 Å². The lowest BCUT2D eigenvalue weighted by atomic mass is 10.1. The van der Waals surface area contributed by atoms with Gasteiger partial charge in [-0.25, -0.2) is 4.98 Å². The van der Waals surface area contributed by atoms with Crippen molar-refractivity contribution in [2.75, 3.05) is 11.9 Å². The molecular formula is C24H15Cl2N3O3. The Bertz CT molecular complexity index is 1340. The standard InChI is InChI=1S/C24H15Cl2N3O3/c25-18-10-9-17(12-19(18)26)28-23(30)14-31-21-7-3-1-5-15(21)11-16(13-27)24-29-20-6-2-4-8-22(20)32-24/h1-12H,14H2,(H,28,30)/b16-11+. The van der Waals surface area contributed by atoms with Gasteiger partial charge in [-0.3, -0.25) is 4.79 Å². The van der Waals surface area contributed by atoms with E-state index in [1.54, 1.807) is 60.7 Å². The number of hydrogen-bond acceptors (Lipinski definition) is 5. The number of anilines is 1. The summed E-state index contributed by atoms with van der Waals surface area (Å²) in [6.07, 6.45) is 1.61. The number of nitrogens with zero attached hydrogens (tertiary/aromatic N) is 2. The highest BCUT2D eigenvalue weighted by Crippen LogP contribution is 2.27. The van der Waals surface area contributed by atoms with Gasteiger partial charge in [-0.15, -0.1) is 0 Å². The summed E-state index contributed by atoms with van der Waals surface area (Å²) in [4.78, 5) is 16.6. The van der Waals surface area contributed by atoms with Crippen molar-refractivity contribution in [2.45, 2.75) is 0 Å². The average Bonchev–Trinajstić information content (AvgIpc) is 3.23. The molecule has 4 rings (SSSR count).